The quantitative estimate of drug-likeness (QED) is 0.854. The Morgan fingerprint density at radius 1 is 1.36 bits per heavy atom. The summed E-state index contributed by atoms with van der Waals surface area (Å²) in [7, 11) is 1.51. The summed E-state index contributed by atoms with van der Waals surface area (Å²) in [5.74, 6) is 0.510. The maximum absolute atomic E-state index is 12.0. The van der Waals surface area contributed by atoms with E-state index in [-0.39, 0.29) is 12.1 Å². The molecule has 2 aromatic rings. The largest absolute Gasteiger partial charge is 0.495 e. The summed E-state index contributed by atoms with van der Waals surface area (Å²) in [5, 5.41) is 10.2. The van der Waals surface area contributed by atoms with Gasteiger partial charge >= 0.3 is 6.03 Å². The molecule has 0 bridgehead atoms. The van der Waals surface area contributed by atoms with Crippen LogP contribution in [-0.2, 0) is 19.4 Å². The molecule has 1 aliphatic rings. The van der Waals surface area contributed by atoms with E-state index in [9.17, 15) is 9.59 Å². The highest BCUT2D eigenvalue weighted by Crippen LogP contribution is 2.27. The lowest BCUT2D eigenvalue weighted by Gasteiger charge is -2.12. The number of methoxy groups -OCH3 is 1. The number of carbonyl (C=O) groups excluding carboxylic acids is 1. The van der Waals surface area contributed by atoms with Crippen LogP contribution in [0.3, 0.4) is 0 Å². The maximum atomic E-state index is 12.0. The first-order valence-electron chi connectivity index (χ1n) is 8.05. The fourth-order valence-corrected chi connectivity index (χ4v) is 2.99. The zero-order valence-corrected chi connectivity index (χ0v) is 14.6. The van der Waals surface area contributed by atoms with Gasteiger partial charge in [0.2, 0.25) is 0 Å². The number of fused-ring (bicyclic) bond motifs is 1. The summed E-state index contributed by atoms with van der Waals surface area (Å²) in [6.45, 7) is 0.590. The fraction of sp³-hybridized carbons (Fsp3) is 0.353. The van der Waals surface area contributed by atoms with Gasteiger partial charge < -0.3 is 15.4 Å². The monoisotopic (exact) mass is 362 g/mol. The van der Waals surface area contributed by atoms with Crippen LogP contribution < -0.4 is 20.9 Å². The molecule has 1 aliphatic carbocycles. The van der Waals surface area contributed by atoms with Crippen LogP contribution >= 0.6 is 11.6 Å². The second kappa shape index (κ2) is 7.57. The van der Waals surface area contributed by atoms with Crippen LogP contribution in [0.15, 0.2) is 29.1 Å². The minimum absolute atomic E-state index is 0.139. The predicted octanol–water partition coefficient (Wildman–Crippen LogP) is 2.22. The van der Waals surface area contributed by atoms with Crippen molar-refractivity contribution in [2.75, 3.05) is 19.0 Å². The normalized spacial score (nSPS) is 12.6. The number of nitrogens with one attached hydrogen (secondary N) is 2. The number of aromatic nitrogens is 2. The third-order valence-corrected chi connectivity index (χ3v) is 4.28. The molecule has 8 heteroatoms. The lowest BCUT2D eigenvalue weighted by atomic mass is 10.2. The topological polar surface area (TPSA) is 85.2 Å². The number of benzene rings is 1. The summed E-state index contributed by atoms with van der Waals surface area (Å²) in [4.78, 5) is 24.0. The van der Waals surface area contributed by atoms with Crippen molar-refractivity contribution in [2.24, 2.45) is 0 Å². The molecule has 2 amide bonds. The molecule has 1 aromatic carbocycles. The van der Waals surface area contributed by atoms with Crippen molar-refractivity contribution in [3.8, 4) is 5.75 Å². The van der Waals surface area contributed by atoms with E-state index in [1.165, 1.54) is 11.8 Å². The second-order valence-corrected chi connectivity index (χ2v) is 6.19. The van der Waals surface area contributed by atoms with Crippen LogP contribution in [-0.4, -0.2) is 29.5 Å². The number of aryl methyl sites for hydroxylation is 2. The minimum atomic E-state index is -0.408. The Morgan fingerprint density at radius 3 is 3.00 bits per heavy atom. The fourth-order valence-electron chi connectivity index (χ4n) is 2.82. The van der Waals surface area contributed by atoms with E-state index in [2.05, 4.69) is 15.7 Å². The van der Waals surface area contributed by atoms with Gasteiger partial charge in [0.1, 0.15) is 5.75 Å². The van der Waals surface area contributed by atoms with E-state index in [0.717, 1.165) is 30.5 Å². The zero-order valence-electron chi connectivity index (χ0n) is 13.8. The Hall–Kier alpha value is -2.54. The van der Waals surface area contributed by atoms with Gasteiger partial charge in [0.15, 0.2) is 0 Å². The van der Waals surface area contributed by atoms with Gasteiger partial charge in [-0.25, -0.2) is 9.48 Å². The Labute approximate surface area is 149 Å². The number of urea groups is 1. The van der Waals surface area contributed by atoms with Crippen molar-refractivity contribution < 1.29 is 9.53 Å². The Balaban J connectivity index is 1.57. The van der Waals surface area contributed by atoms with Gasteiger partial charge in [0.25, 0.3) is 5.56 Å². The van der Waals surface area contributed by atoms with Crippen LogP contribution in [0.25, 0.3) is 0 Å². The summed E-state index contributed by atoms with van der Waals surface area (Å²) >= 11 is 5.93. The van der Waals surface area contributed by atoms with Gasteiger partial charge in [-0.15, -0.1) is 0 Å². The van der Waals surface area contributed by atoms with Crippen LogP contribution in [0.4, 0.5) is 10.5 Å². The number of hydrogen-bond donors (Lipinski definition) is 2. The summed E-state index contributed by atoms with van der Waals surface area (Å²) in [5.41, 5.74) is 2.35. The molecule has 0 unspecified atom stereocenters. The number of nitrogens with zero attached hydrogens (tertiary/aromatic N) is 2. The molecule has 0 aliphatic heterocycles. The maximum Gasteiger partial charge on any atom is 0.319 e. The first-order valence-corrected chi connectivity index (χ1v) is 8.43. The zero-order chi connectivity index (χ0) is 17.8. The highest BCUT2D eigenvalue weighted by atomic mass is 35.5. The lowest BCUT2D eigenvalue weighted by molar-refractivity contribution is 0.251. The third kappa shape index (κ3) is 4.11. The third-order valence-electron chi connectivity index (χ3n) is 4.04. The highest BCUT2D eigenvalue weighted by molar-refractivity contribution is 6.31. The molecule has 1 aromatic heterocycles. The average molecular weight is 363 g/mol. The summed E-state index contributed by atoms with van der Waals surface area (Å²) < 4.78 is 6.57. The molecule has 3 rings (SSSR count). The molecule has 0 saturated carbocycles. The van der Waals surface area contributed by atoms with Gasteiger partial charge in [-0.1, -0.05) is 11.6 Å². The van der Waals surface area contributed by atoms with E-state index >= 15 is 0 Å². The molecule has 0 radical (unpaired) electrons. The Kier molecular flexibility index (Phi) is 5.23. The van der Waals surface area contributed by atoms with Crippen molar-refractivity contribution in [2.45, 2.75) is 25.8 Å². The molecule has 0 fully saturated rings. The van der Waals surface area contributed by atoms with Crippen molar-refractivity contribution in [3.63, 3.8) is 0 Å². The molecular formula is C17H19ClN4O3. The van der Waals surface area contributed by atoms with Gasteiger partial charge in [-0.2, -0.15) is 5.10 Å². The second-order valence-electron chi connectivity index (χ2n) is 5.76. The molecule has 0 saturated heterocycles. The first-order chi connectivity index (χ1) is 12.1. The molecular weight excluding hydrogens is 344 g/mol. The molecule has 7 nitrogen and oxygen atoms in total. The van der Waals surface area contributed by atoms with Crippen molar-refractivity contribution >= 4 is 23.3 Å². The van der Waals surface area contributed by atoms with Crippen LogP contribution in [0, 0.1) is 0 Å². The highest BCUT2D eigenvalue weighted by Gasteiger charge is 2.14. The Bertz CT molecular complexity index is 850. The average Bonchev–Trinajstić information content (AvgIpc) is 3.02. The number of halogens is 1. The lowest BCUT2D eigenvalue weighted by Crippen LogP contribution is -2.34. The van der Waals surface area contributed by atoms with Crippen molar-refractivity contribution in [3.05, 3.63) is 50.9 Å². The van der Waals surface area contributed by atoms with E-state index < -0.39 is 6.03 Å². The molecule has 0 spiro atoms. The van der Waals surface area contributed by atoms with Gasteiger partial charge in [-0.05, 0) is 43.0 Å². The first kappa shape index (κ1) is 17.3. The number of ether oxygens (including phenoxy) is 1. The smallest absolute Gasteiger partial charge is 0.319 e. The van der Waals surface area contributed by atoms with Crippen LogP contribution in [0.1, 0.15) is 17.7 Å². The van der Waals surface area contributed by atoms with E-state index in [0.29, 0.717) is 23.0 Å². The van der Waals surface area contributed by atoms with Crippen molar-refractivity contribution in [1.29, 1.82) is 0 Å². The minimum Gasteiger partial charge on any atom is -0.495 e. The van der Waals surface area contributed by atoms with E-state index in [1.807, 2.05) is 0 Å². The SMILES string of the molecule is COc1ccc(Cl)cc1NC(=O)NCCn1nc2c(cc1=O)CCC2. The predicted molar refractivity (Wildman–Crippen MR) is 95.5 cm³/mol. The molecule has 0 atom stereocenters. The van der Waals surface area contributed by atoms with Gasteiger partial charge in [-0.3, -0.25) is 4.79 Å². The Morgan fingerprint density at radius 2 is 2.20 bits per heavy atom. The van der Waals surface area contributed by atoms with E-state index in [1.54, 1.807) is 24.3 Å². The summed E-state index contributed by atoms with van der Waals surface area (Å²) in [6, 6.07) is 6.19. The molecule has 1 heterocycles. The van der Waals surface area contributed by atoms with E-state index in [4.69, 9.17) is 16.3 Å². The number of amides is 2. The number of anilines is 1. The van der Waals surface area contributed by atoms with Crippen LogP contribution in [0.2, 0.25) is 5.02 Å². The number of hydrogen-bond acceptors (Lipinski definition) is 4. The van der Waals surface area contributed by atoms with Crippen molar-refractivity contribution in [1.82, 2.24) is 15.1 Å². The molecule has 25 heavy (non-hydrogen) atoms. The molecule has 132 valence electrons. The number of carbonyl (C=O) groups is 1. The number of rotatable bonds is 5. The standard InChI is InChI=1S/C17H19ClN4O3/c1-25-15-6-5-12(18)10-14(15)20-17(24)19-7-8-22-16(23)9-11-3-2-4-13(11)21-22/h5-6,9-10H,2-4,7-8H2,1H3,(H2,19,20,24). The van der Waals surface area contributed by atoms with Crippen LogP contribution in [0.5, 0.6) is 5.75 Å². The summed E-state index contributed by atoms with van der Waals surface area (Å²) in [6.07, 6.45) is 2.85. The van der Waals surface area contributed by atoms with Gasteiger partial charge in [0.05, 0.1) is 25.0 Å². The van der Waals surface area contributed by atoms with Gasteiger partial charge in [0, 0.05) is 17.6 Å². The molecule has 2 N–H and O–H groups in total.